The monoisotopic (exact) mass is 460 g/mol. The fourth-order valence-electron chi connectivity index (χ4n) is 3.50. The van der Waals surface area contributed by atoms with E-state index in [2.05, 4.69) is 20.7 Å². The molecule has 3 aromatic carbocycles. The zero-order valence-corrected chi connectivity index (χ0v) is 19.1. The summed E-state index contributed by atoms with van der Waals surface area (Å²) in [5.74, 6) is 1.28. The number of nitrogens with one attached hydrogen (secondary N) is 3. The van der Waals surface area contributed by atoms with Crippen LogP contribution in [0.3, 0.4) is 0 Å². The maximum Gasteiger partial charge on any atom is 0.271 e. The molecule has 0 bridgehead atoms. The Bertz CT molecular complexity index is 1270. The number of hydrogen-bond acceptors (Lipinski definition) is 4. The molecule has 1 amide bonds. The number of nitrogens with zero attached hydrogens (tertiary/aromatic N) is 1. The van der Waals surface area contributed by atoms with Gasteiger partial charge in [0.2, 0.25) is 0 Å². The van der Waals surface area contributed by atoms with E-state index in [9.17, 15) is 4.79 Å². The van der Waals surface area contributed by atoms with Crippen LogP contribution >= 0.6 is 12.2 Å². The maximum atomic E-state index is 12.9. The number of fused-ring (bicyclic) bond motifs is 1. The summed E-state index contributed by atoms with van der Waals surface area (Å²) in [4.78, 5) is 12.9. The Kier molecular flexibility index (Phi) is 6.75. The number of rotatable bonds is 6. The molecule has 0 aliphatic carbocycles. The third kappa shape index (κ3) is 5.24. The van der Waals surface area contributed by atoms with Gasteiger partial charge < -0.3 is 19.4 Å². The van der Waals surface area contributed by atoms with Crippen LogP contribution in [0, 0.1) is 0 Å². The molecule has 7 nitrogen and oxygen atoms in total. The average molecular weight is 461 g/mol. The summed E-state index contributed by atoms with van der Waals surface area (Å²) in [5, 5.41) is 4.15. The van der Waals surface area contributed by atoms with E-state index in [4.69, 9.17) is 21.7 Å². The van der Waals surface area contributed by atoms with Crippen LogP contribution in [0.5, 0.6) is 11.5 Å². The van der Waals surface area contributed by atoms with Crippen molar-refractivity contribution in [1.29, 1.82) is 0 Å². The molecule has 0 radical (unpaired) electrons. The van der Waals surface area contributed by atoms with Gasteiger partial charge in [-0.2, -0.15) is 0 Å². The van der Waals surface area contributed by atoms with Crippen LogP contribution < -0.4 is 25.6 Å². The molecule has 0 aliphatic heterocycles. The highest BCUT2D eigenvalue weighted by molar-refractivity contribution is 7.80. The van der Waals surface area contributed by atoms with Gasteiger partial charge >= 0.3 is 0 Å². The van der Waals surface area contributed by atoms with Crippen molar-refractivity contribution < 1.29 is 14.3 Å². The minimum absolute atomic E-state index is 0.274. The van der Waals surface area contributed by atoms with Crippen LogP contribution in [-0.2, 0) is 6.54 Å². The smallest absolute Gasteiger partial charge is 0.271 e. The summed E-state index contributed by atoms with van der Waals surface area (Å²) < 4.78 is 12.4. The van der Waals surface area contributed by atoms with Crippen LogP contribution in [0.15, 0.2) is 79.0 Å². The van der Waals surface area contributed by atoms with E-state index < -0.39 is 0 Å². The summed E-state index contributed by atoms with van der Waals surface area (Å²) in [5.41, 5.74) is 8.84. The number of carbonyl (C=O) groups is 1. The van der Waals surface area contributed by atoms with E-state index in [1.807, 2.05) is 79.0 Å². The predicted octanol–water partition coefficient (Wildman–Crippen LogP) is 4.34. The molecule has 33 heavy (non-hydrogen) atoms. The fourth-order valence-corrected chi connectivity index (χ4v) is 3.67. The lowest BCUT2D eigenvalue weighted by atomic mass is 10.1. The quantitative estimate of drug-likeness (QED) is 0.294. The van der Waals surface area contributed by atoms with E-state index in [0.717, 1.165) is 33.7 Å². The number of thiocarbonyl (C=S) groups is 1. The molecule has 0 atom stereocenters. The Hall–Kier alpha value is -4.04. The summed E-state index contributed by atoms with van der Waals surface area (Å²) in [6.07, 6.45) is 1.85. The largest absolute Gasteiger partial charge is 0.497 e. The molecular weight excluding hydrogens is 436 g/mol. The molecule has 0 saturated carbocycles. The van der Waals surface area contributed by atoms with Crippen molar-refractivity contribution >= 4 is 39.8 Å². The topological polar surface area (TPSA) is 76.5 Å². The first-order valence-electron chi connectivity index (χ1n) is 10.3. The van der Waals surface area contributed by atoms with Gasteiger partial charge in [-0.05, 0) is 60.2 Å². The van der Waals surface area contributed by atoms with Crippen molar-refractivity contribution in [3.8, 4) is 11.5 Å². The van der Waals surface area contributed by atoms with Crippen molar-refractivity contribution in [2.75, 3.05) is 19.5 Å². The lowest BCUT2D eigenvalue weighted by molar-refractivity contribution is 0.0945. The second kappa shape index (κ2) is 10.1. The number of ether oxygens (including phenoxy) is 2. The normalized spacial score (nSPS) is 10.5. The van der Waals surface area contributed by atoms with Crippen LogP contribution in [-0.4, -0.2) is 29.8 Å². The molecule has 168 valence electrons. The fraction of sp³-hybridized carbons (Fsp3) is 0.120. The molecule has 4 rings (SSSR count). The lowest BCUT2D eigenvalue weighted by Crippen LogP contribution is -2.43. The number of aromatic nitrogens is 1. The highest BCUT2D eigenvalue weighted by Crippen LogP contribution is 2.23. The van der Waals surface area contributed by atoms with Crippen molar-refractivity contribution in [2.24, 2.45) is 0 Å². The zero-order chi connectivity index (χ0) is 23.2. The zero-order valence-electron chi connectivity index (χ0n) is 18.3. The second-order valence-electron chi connectivity index (χ2n) is 7.30. The van der Waals surface area contributed by atoms with Crippen molar-refractivity contribution in [3.63, 3.8) is 0 Å². The van der Waals surface area contributed by atoms with E-state index in [1.165, 1.54) is 0 Å². The number of para-hydroxylation sites is 1. The number of benzene rings is 3. The Morgan fingerprint density at radius 1 is 0.879 bits per heavy atom. The van der Waals surface area contributed by atoms with Gasteiger partial charge in [0.15, 0.2) is 5.11 Å². The van der Waals surface area contributed by atoms with Gasteiger partial charge in [0.05, 0.1) is 19.8 Å². The van der Waals surface area contributed by atoms with Crippen LogP contribution in [0.25, 0.3) is 10.9 Å². The minimum Gasteiger partial charge on any atom is -0.497 e. The summed E-state index contributed by atoms with van der Waals surface area (Å²) >= 11 is 5.29. The molecular formula is C25H24N4O3S. The molecule has 4 aromatic rings. The standard InChI is InChI=1S/C25H24N4O3S/c1-31-19-11-7-17(8-12-19)15-29-16-22(21-5-3-4-6-23(21)29)24(30)27-28-25(33)26-18-9-13-20(32-2)14-10-18/h3-14,16H,15H2,1-2H3,(H,27,30)(H2,26,28,33). The average Bonchev–Trinajstić information content (AvgIpc) is 3.22. The maximum absolute atomic E-state index is 12.9. The van der Waals surface area contributed by atoms with Gasteiger partial charge in [-0.3, -0.25) is 15.6 Å². The summed E-state index contributed by atoms with van der Waals surface area (Å²) in [6.45, 7) is 0.628. The number of hydrazine groups is 1. The third-order valence-corrected chi connectivity index (χ3v) is 5.39. The molecule has 0 saturated heterocycles. The molecule has 1 aromatic heterocycles. The van der Waals surface area contributed by atoms with Gasteiger partial charge in [-0.1, -0.05) is 30.3 Å². The van der Waals surface area contributed by atoms with Crippen molar-refractivity contribution in [3.05, 3.63) is 90.1 Å². The Balaban J connectivity index is 1.45. The number of amides is 1. The van der Waals surface area contributed by atoms with Gasteiger partial charge in [0.25, 0.3) is 5.91 Å². The van der Waals surface area contributed by atoms with E-state index >= 15 is 0 Å². The molecule has 0 spiro atoms. The first-order valence-corrected chi connectivity index (χ1v) is 10.7. The van der Waals surface area contributed by atoms with Gasteiger partial charge in [0, 0.05) is 29.3 Å². The van der Waals surface area contributed by atoms with E-state index in [-0.39, 0.29) is 11.0 Å². The lowest BCUT2D eigenvalue weighted by Gasteiger charge is -2.11. The first-order chi connectivity index (χ1) is 16.1. The van der Waals surface area contributed by atoms with Crippen LogP contribution in [0.4, 0.5) is 5.69 Å². The number of hydrogen-bond donors (Lipinski definition) is 3. The van der Waals surface area contributed by atoms with Gasteiger partial charge in [-0.25, -0.2) is 0 Å². The summed E-state index contributed by atoms with van der Waals surface area (Å²) in [6, 6.07) is 23.0. The van der Waals surface area contributed by atoms with Crippen molar-refractivity contribution in [2.45, 2.75) is 6.54 Å². The first kappa shape index (κ1) is 22.2. The van der Waals surface area contributed by atoms with E-state index in [1.54, 1.807) is 14.2 Å². The second-order valence-corrected chi connectivity index (χ2v) is 7.71. The molecule has 0 aliphatic rings. The minimum atomic E-state index is -0.279. The number of methoxy groups -OCH3 is 2. The highest BCUT2D eigenvalue weighted by atomic mass is 32.1. The van der Waals surface area contributed by atoms with Crippen LogP contribution in [0.2, 0.25) is 0 Å². The van der Waals surface area contributed by atoms with Crippen LogP contribution in [0.1, 0.15) is 15.9 Å². The Morgan fingerprint density at radius 2 is 1.52 bits per heavy atom. The van der Waals surface area contributed by atoms with Gasteiger partial charge in [0.1, 0.15) is 11.5 Å². The molecule has 0 unspecified atom stereocenters. The molecule has 1 heterocycles. The molecule has 8 heteroatoms. The van der Waals surface area contributed by atoms with Gasteiger partial charge in [-0.15, -0.1) is 0 Å². The summed E-state index contributed by atoms with van der Waals surface area (Å²) in [7, 11) is 3.25. The molecule has 0 fully saturated rings. The highest BCUT2D eigenvalue weighted by Gasteiger charge is 2.15. The predicted molar refractivity (Wildman–Crippen MR) is 134 cm³/mol. The third-order valence-electron chi connectivity index (χ3n) is 5.18. The van der Waals surface area contributed by atoms with Crippen molar-refractivity contribution in [1.82, 2.24) is 15.4 Å². The number of anilines is 1. The SMILES string of the molecule is COc1ccc(Cn2cc(C(=O)NNC(=S)Nc3ccc(OC)cc3)c3ccccc32)cc1. The van der Waals surface area contributed by atoms with E-state index in [0.29, 0.717) is 12.1 Å². The molecule has 3 N–H and O–H groups in total. The Labute approximate surface area is 197 Å². The number of carbonyl (C=O) groups excluding carboxylic acids is 1. The Morgan fingerprint density at radius 3 is 2.18 bits per heavy atom.